The Labute approximate surface area is 151 Å². The Bertz CT molecular complexity index is 1160. The van der Waals surface area contributed by atoms with Crippen LogP contribution in [0.2, 0.25) is 0 Å². The summed E-state index contributed by atoms with van der Waals surface area (Å²) >= 11 is 1.20. The van der Waals surface area contributed by atoms with Gasteiger partial charge in [-0.05, 0) is 24.6 Å². The number of non-ortho nitro benzene ring substituents is 1. The lowest BCUT2D eigenvalue weighted by molar-refractivity contribution is -0.384. The lowest BCUT2D eigenvalue weighted by atomic mass is 10.1. The first-order valence-corrected chi connectivity index (χ1v) is 8.63. The Kier molecular flexibility index (Phi) is 3.89. The zero-order valence-electron chi connectivity index (χ0n) is 13.7. The number of anilines is 1. The van der Waals surface area contributed by atoms with E-state index < -0.39 is 4.92 Å². The predicted octanol–water partition coefficient (Wildman–Crippen LogP) is 4.44. The van der Waals surface area contributed by atoms with E-state index in [1.807, 2.05) is 25.1 Å². The number of amides is 1. The highest BCUT2D eigenvalue weighted by Gasteiger charge is 2.14. The van der Waals surface area contributed by atoms with E-state index in [2.05, 4.69) is 10.3 Å². The van der Waals surface area contributed by atoms with Gasteiger partial charge in [0, 0.05) is 23.1 Å². The van der Waals surface area contributed by atoms with E-state index in [1.165, 1.54) is 23.5 Å². The van der Waals surface area contributed by atoms with Crippen LogP contribution in [-0.4, -0.2) is 15.8 Å². The third-order valence-corrected chi connectivity index (χ3v) is 4.93. The standard InChI is InChI=1S/C18H13N3O4S/c1-10-2-4-13-11(9-25-15(13)6-10)7-17(22)20-18-19-14-5-3-12(21(23)24)8-16(14)26-18/h2-6,8-9H,7H2,1H3,(H,19,20,22). The maximum atomic E-state index is 12.3. The molecule has 2 aromatic heterocycles. The second-order valence-electron chi connectivity index (χ2n) is 5.91. The van der Waals surface area contributed by atoms with Crippen molar-refractivity contribution in [2.24, 2.45) is 0 Å². The summed E-state index contributed by atoms with van der Waals surface area (Å²) in [5, 5.41) is 14.9. The molecule has 0 saturated heterocycles. The molecule has 7 nitrogen and oxygen atoms in total. The van der Waals surface area contributed by atoms with Crippen LogP contribution in [0.3, 0.4) is 0 Å². The SMILES string of the molecule is Cc1ccc2c(CC(=O)Nc3nc4ccc([N+](=O)[O-])cc4s3)coc2c1. The van der Waals surface area contributed by atoms with Crippen molar-refractivity contribution in [3.05, 3.63) is 63.9 Å². The molecular formula is C18H13N3O4S. The van der Waals surface area contributed by atoms with E-state index in [9.17, 15) is 14.9 Å². The van der Waals surface area contributed by atoms with Crippen molar-refractivity contribution in [1.82, 2.24) is 4.98 Å². The van der Waals surface area contributed by atoms with E-state index in [1.54, 1.807) is 12.3 Å². The van der Waals surface area contributed by atoms with Crippen molar-refractivity contribution in [3.8, 4) is 0 Å². The van der Waals surface area contributed by atoms with Crippen LogP contribution in [0.4, 0.5) is 10.8 Å². The number of nitro benzene ring substituents is 1. The molecule has 0 aliphatic heterocycles. The van der Waals surface area contributed by atoms with E-state index in [4.69, 9.17) is 4.42 Å². The number of fused-ring (bicyclic) bond motifs is 2. The number of nitro groups is 1. The normalized spacial score (nSPS) is 11.1. The van der Waals surface area contributed by atoms with Gasteiger partial charge in [-0.3, -0.25) is 14.9 Å². The van der Waals surface area contributed by atoms with Crippen LogP contribution in [0.15, 0.2) is 47.1 Å². The van der Waals surface area contributed by atoms with Crippen LogP contribution in [0.25, 0.3) is 21.2 Å². The number of carbonyl (C=O) groups is 1. The van der Waals surface area contributed by atoms with Crippen molar-refractivity contribution in [2.45, 2.75) is 13.3 Å². The minimum atomic E-state index is -0.455. The van der Waals surface area contributed by atoms with Crippen LogP contribution in [0.5, 0.6) is 0 Å². The Balaban J connectivity index is 1.54. The van der Waals surface area contributed by atoms with Gasteiger partial charge in [0.15, 0.2) is 5.13 Å². The summed E-state index contributed by atoms with van der Waals surface area (Å²) in [7, 11) is 0. The molecule has 0 bridgehead atoms. The second kappa shape index (κ2) is 6.23. The van der Waals surface area contributed by atoms with Gasteiger partial charge in [0.25, 0.3) is 5.69 Å². The van der Waals surface area contributed by atoms with Crippen LogP contribution in [-0.2, 0) is 11.2 Å². The fourth-order valence-electron chi connectivity index (χ4n) is 2.74. The highest BCUT2D eigenvalue weighted by Crippen LogP contribution is 2.29. The number of carbonyl (C=O) groups excluding carboxylic acids is 1. The van der Waals surface area contributed by atoms with Gasteiger partial charge in [-0.2, -0.15) is 0 Å². The smallest absolute Gasteiger partial charge is 0.270 e. The minimum Gasteiger partial charge on any atom is -0.464 e. The molecule has 2 aromatic carbocycles. The van der Waals surface area contributed by atoms with Gasteiger partial charge in [0.1, 0.15) is 5.58 Å². The number of rotatable bonds is 4. The highest BCUT2D eigenvalue weighted by molar-refractivity contribution is 7.22. The van der Waals surface area contributed by atoms with Crippen molar-refractivity contribution in [3.63, 3.8) is 0 Å². The highest BCUT2D eigenvalue weighted by atomic mass is 32.1. The van der Waals surface area contributed by atoms with Gasteiger partial charge >= 0.3 is 0 Å². The average molecular weight is 367 g/mol. The molecule has 0 spiro atoms. The Morgan fingerprint density at radius 3 is 2.96 bits per heavy atom. The number of furan rings is 1. The fourth-order valence-corrected chi connectivity index (χ4v) is 3.66. The average Bonchev–Trinajstić information content (AvgIpc) is 3.17. The molecule has 0 radical (unpaired) electrons. The maximum Gasteiger partial charge on any atom is 0.270 e. The van der Waals surface area contributed by atoms with Gasteiger partial charge in [-0.25, -0.2) is 4.98 Å². The topological polar surface area (TPSA) is 98.3 Å². The summed E-state index contributed by atoms with van der Waals surface area (Å²) in [5.41, 5.74) is 3.25. The van der Waals surface area contributed by atoms with Crippen molar-refractivity contribution < 1.29 is 14.1 Å². The largest absolute Gasteiger partial charge is 0.464 e. The van der Waals surface area contributed by atoms with E-state index in [0.29, 0.717) is 15.3 Å². The lowest BCUT2D eigenvalue weighted by Crippen LogP contribution is -2.13. The quantitative estimate of drug-likeness (QED) is 0.425. The third-order valence-electron chi connectivity index (χ3n) is 3.99. The molecule has 26 heavy (non-hydrogen) atoms. The Morgan fingerprint density at radius 1 is 1.31 bits per heavy atom. The lowest BCUT2D eigenvalue weighted by Gasteiger charge is -2.00. The molecule has 0 saturated carbocycles. The van der Waals surface area contributed by atoms with Gasteiger partial charge in [0.2, 0.25) is 5.91 Å². The molecule has 0 atom stereocenters. The molecule has 2 heterocycles. The summed E-state index contributed by atoms with van der Waals surface area (Å²) in [4.78, 5) is 27.0. The number of hydrogen-bond acceptors (Lipinski definition) is 6. The molecule has 8 heteroatoms. The minimum absolute atomic E-state index is 0.000753. The number of aromatic nitrogens is 1. The predicted molar refractivity (Wildman–Crippen MR) is 99.6 cm³/mol. The second-order valence-corrected chi connectivity index (χ2v) is 6.94. The maximum absolute atomic E-state index is 12.3. The molecule has 4 aromatic rings. The van der Waals surface area contributed by atoms with Crippen LogP contribution in [0.1, 0.15) is 11.1 Å². The molecule has 0 aliphatic carbocycles. The van der Waals surface area contributed by atoms with Gasteiger partial charge < -0.3 is 9.73 Å². The van der Waals surface area contributed by atoms with E-state index in [0.717, 1.165) is 22.1 Å². The van der Waals surface area contributed by atoms with Gasteiger partial charge in [-0.1, -0.05) is 23.5 Å². The van der Waals surface area contributed by atoms with Gasteiger partial charge in [-0.15, -0.1) is 0 Å². The van der Waals surface area contributed by atoms with Crippen LogP contribution in [0, 0.1) is 17.0 Å². The van der Waals surface area contributed by atoms with Crippen molar-refractivity contribution in [2.75, 3.05) is 5.32 Å². The molecule has 0 fully saturated rings. The number of nitrogens with zero attached hydrogens (tertiary/aromatic N) is 2. The molecule has 1 N–H and O–H groups in total. The summed E-state index contributed by atoms with van der Waals surface area (Å²) < 4.78 is 6.16. The molecule has 0 unspecified atom stereocenters. The van der Waals surface area contributed by atoms with Crippen LogP contribution >= 0.6 is 11.3 Å². The number of hydrogen-bond donors (Lipinski definition) is 1. The number of aryl methyl sites for hydroxylation is 1. The van der Waals surface area contributed by atoms with Crippen molar-refractivity contribution in [1.29, 1.82) is 0 Å². The third kappa shape index (κ3) is 3.02. The molecule has 4 rings (SSSR count). The fraction of sp³-hybridized carbons (Fsp3) is 0.111. The first-order chi connectivity index (χ1) is 12.5. The summed E-state index contributed by atoms with van der Waals surface area (Å²) in [6.07, 6.45) is 1.75. The monoisotopic (exact) mass is 367 g/mol. The van der Waals surface area contributed by atoms with Gasteiger partial charge in [0.05, 0.1) is 27.8 Å². The Morgan fingerprint density at radius 2 is 2.15 bits per heavy atom. The van der Waals surface area contributed by atoms with E-state index >= 15 is 0 Å². The molecule has 130 valence electrons. The first kappa shape index (κ1) is 16.2. The zero-order chi connectivity index (χ0) is 18.3. The first-order valence-electron chi connectivity index (χ1n) is 7.81. The Hall–Kier alpha value is -3.26. The molecule has 0 aliphatic rings. The number of nitrogens with one attached hydrogen (secondary N) is 1. The zero-order valence-corrected chi connectivity index (χ0v) is 14.5. The van der Waals surface area contributed by atoms with E-state index in [-0.39, 0.29) is 18.0 Å². The summed E-state index contributed by atoms with van der Waals surface area (Å²) in [5.74, 6) is -0.221. The summed E-state index contributed by atoms with van der Waals surface area (Å²) in [6.45, 7) is 1.98. The summed E-state index contributed by atoms with van der Waals surface area (Å²) in [6, 6.07) is 10.3. The number of thiazole rings is 1. The van der Waals surface area contributed by atoms with Crippen LogP contribution < -0.4 is 5.32 Å². The molecular weight excluding hydrogens is 354 g/mol. The van der Waals surface area contributed by atoms with Crippen molar-refractivity contribution >= 4 is 49.2 Å². The number of benzene rings is 2. The molecule has 1 amide bonds.